The first kappa shape index (κ1) is 11.1. The van der Waals surface area contributed by atoms with E-state index in [0.29, 0.717) is 6.04 Å². The maximum absolute atomic E-state index is 4.84. The number of fused-ring (bicyclic) bond motifs is 1. The summed E-state index contributed by atoms with van der Waals surface area (Å²) in [6.07, 6.45) is 9.00. The van der Waals surface area contributed by atoms with E-state index in [0.717, 1.165) is 16.8 Å². The van der Waals surface area contributed by atoms with E-state index in [9.17, 15) is 0 Å². The zero-order chi connectivity index (χ0) is 11.5. The van der Waals surface area contributed by atoms with Gasteiger partial charge in [0, 0.05) is 11.9 Å². The van der Waals surface area contributed by atoms with Crippen molar-refractivity contribution in [1.82, 2.24) is 4.98 Å². The molecule has 1 saturated carbocycles. The predicted octanol–water partition coefficient (Wildman–Crippen LogP) is 3.16. The van der Waals surface area contributed by atoms with Crippen molar-refractivity contribution in [3.8, 4) is 0 Å². The van der Waals surface area contributed by atoms with E-state index < -0.39 is 0 Å². The third-order valence-corrected chi connectivity index (χ3v) is 4.57. The molecule has 3 nitrogen and oxygen atoms in total. The van der Waals surface area contributed by atoms with Gasteiger partial charge in [-0.25, -0.2) is 0 Å². The molecule has 17 heavy (non-hydrogen) atoms. The average Bonchev–Trinajstić information content (AvgIpc) is 2.40. The summed E-state index contributed by atoms with van der Waals surface area (Å²) in [7, 11) is 0. The third-order valence-electron chi connectivity index (χ3n) is 3.50. The second-order valence-electron chi connectivity index (χ2n) is 4.72. The Hall–Kier alpha value is -1.03. The minimum Gasteiger partial charge on any atom is -0.334 e. The maximum Gasteiger partial charge on any atom is 0.161 e. The van der Waals surface area contributed by atoms with Crippen molar-refractivity contribution in [2.75, 3.05) is 11.1 Å². The molecule has 0 saturated heterocycles. The lowest BCUT2D eigenvalue weighted by Crippen LogP contribution is -2.31. The second kappa shape index (κ2) is 5.08. The van der Waals surface area contributed by atoms with Crippen LogP contribution in [0.2, 0.25) is 0 Å². The van der Waals surface area contributed by atoms with Gasteiger partial charge in [0.1, 0.15) is 0 Å². The number of amidine groups is 1. The van der Waals surface area contributed by atoms with Gasteiger partial charge in [-0.15, -0.1) is 0 Å². The molecule has 2 heterocycles. The Morgan fingerprint density at radius 2 is 2.24 bits per heavy atom. The predicted molar refractivity (Wildman–Crippen MR) is 73.5 cm³/mol. The summed E-state index contributed by atoms with van der Waals surface area (Å²) in [5.41, 5.74) is 1.04. The Kier molecular flexibility index (Phi) is 3.31. The van der Waals surface area contributed by atoms with Gasteiger partial charge < -0.3 is 5.32 Å². The highest BCUT2D eigenvalue weighted by Gasteiger charge is 2.28. The summed E-state index contributed by atoms with van der Waals surface area (Å²) in [4.78, 5) is 8.94. The first-order chi connectivity index (χ1) is 8.42. The highest BCUT2D eigenvalue weighted by atomic mass is 32.2. The van der Waals surface area contributed by atoms with Crippen molar-refractivity contribution in [3.63, 3.8) is 0 Å². The van der Waals surface area contributed by atoms with Crippen LogP contribution in [-0.4, -0.2) is 21.9 Å². The SMILES string of the molecule is c1cncc(NC2=NC3CCCCC3CS2)c1. The number of anilines is 1. The van der Waals surface area contributed by atoms with Gasteiger partial charge in [-0.05, 0) is 30.9 Å². The molecular formula is C13H17N3S. The van der Waals surface area contributed by atoms with Crippen LogP contribution in [0, 0.1) is 5.92 Å². The van der Waals surface area contributed by atoms with E-state index >= 15 is 0 Å². The van der Waals surface area contributed by atoms with E-state index in [2.05, 4.69) is 10.3 Å². The zero-order valence-corrected chi connectivity index (χ0v) is 10.6. The van der Waals surface area contributed by atoms with Gasteiger partial charge in [0.25, 0.3) is 0 Å². The first-order valence-corrected chi connectivity index (χ1v) is 7.28. The number of rotatable bonds is 1. The Bertz CT molecular complexity index is 404. The smallest absolute Gasteiger partial charge is 0.161 e. The van der Waals surface area contributed by atoms with E-state index in [-0.39, 0.29) is 0 Å². The van der Waals surface area contributed by atoms with Gasteiger partial charge in [-0.1, -0.05) is 24.6 Å². The molecule has 2 unspecified atom stereocenters. The number of pyridine rings is 1. The molecule has 1 aliphatic carbocycles. The zero-order valence-electron chi connectivity index (χ0n) is 9.80. The lowest BCUT2D eigenvalue weighted by atomic mass is 9.86. The lowest BCUT2D eigenvalue weighted by molar-refractivity contribution is 0.336. The molecular weight excluding hydrogens is 230 g/mol. The fraction of sp³-hybridized carbons (Fsp3) is 0.538. The minimum atomic E-state index is 0.559. The number of nitrogens with one attached hydrogen (secondary N) is 1. The Morgan fingerprint density at radius 1 is 1.29 bits per heavy atom. The van der Waals surface area contributed by atoms with Crippen molar-refractivity contribution < 1.29 is 0 Å². The van der Waals surface area contributed by atoms with Crippen LogP contribution in [0.4, 0.5) is 5.69 Å². The first-order valence-electron chi connectivity index (χ1n) is 6.29. The lowest BCUT2D eigenvalue weighted by Gasteiger charge is -2.32. The molecule has 0 spiro atoms. The minimum absolute atomic E-state index is 0.559. The standard InChI is InChI=1S/C13H17N3S/c1-2-6-12-10(4-1)9-17-13(16-12)15-11-5-3-7-14-8-11/h3,5,7-8,10,12H,1-2,4,6,9H2,(H,15,16). The van der Waals surface area contributed by atoms with Gasteiger partial charge in [0.15, 0.2) is 5.17 Å². The van der Waals surface area contributed by atoms with E-state index in [1.54, 1.807) is 6.20 Å². The van der Waals surface area contributed by atoms with E-state index in [4.69, 9.17) is 4.99 Å². The molecule has 3 rings (SSSR count). The summed E-state index contributed by atoms with van der Waals surface area (Å²) in [6, 6.07) is 4.53. The molecule has 90 valence electrons. The average molecular weight is 247 g/mol. The second-order valence-corrected chi connectivity index (χ2v) is 5.73. The summed E-state index contributed by atoms with van der Waals surface area (Å²) in [5, 5.41) is 4.43. The number of thioether (sulfide) groups is 1. The van der Waals surface area contributed by atoms with Crippen molar-refractivity contribution in [3.05, 3.63) is 24.5 Å². The number of hydrogen-bond acceptors (Lipinski definition) is 4. The van der Waals surface area contributed by atoms with Crippen LogP contribution < -0.4 is 5.32 Å². The summed E-state index contributed by atoms with van der Waals surface area (Å²) < 4.78 is 0. The Labute approximate surface area is 106 Å². The van der Waals surface area contributed by atoms with E-state index in [1.165, 1.54) is 31.4 Å². The molecule has 2 atom stereocenters. The number of nitrogens with zero attached hydrogens (tertiary/aromatic N) is 2. The molecule has 0 amide bonds. The monoisotopic (exact) mass is 247 g/mol. The van der Waals surface area contributed by atoms with Gasteiger partial charge in [-0.2, -0.15) is 0 Å². The number of aromatic nitrogens is 1. The molecule has 1 aliphatic heterocycles. The van der Waals surface area contributed by atoms with E-state index in [1.807, 2.05) is 30.1 Å². The highest BCUT2D eigenvalue weighted by molar-refractivity contribution is 8.14. The van der Waals surface area contributed by atoms with Crippen LogP contribution in [0.1, 0.15) is 25.7 Å². The van der Waals surface area contributed by atoms with Crippen molar-refractivity contribution in [2.45, 2.75) is 31.7 Å². The molecule has 2 aliphatic rings. The number of hydrogen-bond donors (Lipinski definition) is 1. The van der Waals surface area contributed by atoms with Crippen LogP contribution in [0.15, 0.2) is 29.5 Å². The molecule has 0 bridgehead atoms. The van der Waals surface area contributed by atoms with Crippen LogP contribution in [0.5, 0.6) is 0 Å². The molecule has 1 aromatic heterocycles. The molecule has 0 radical (unpaired) electrons. The van der Waals surface area contributed by atoms with Crippen molar-refractivity contribution in [2.24, 2.45) is 10.9 Å². The molecule has 1 N–H and O–H groups in total. The Balaban J connectivity index is 1.70. The van der Waals surface area contributed by atoms with Crippen molar-refractivity contribution >= 4 is 22.6 Å². The van der Waals surface area contributed by atoms with Gasteiger partial charge >= 0.3 is 0 Å². The Morgan fingerprint density at radius 3 is 3.12 bits per heavy atom. The van der Waals surface area contributed by atoms with Gasteiger partial charge in [0.2, 0.25) is 0 Å². The van der Waals surface area contributed by atoms with Gasteiger partial charge in [0.05, 0.1) is 17.9 Å². The number of aliphatic imine (C=N–C) groups is 1. The van der Waals surface area contributed by atoms with Crippen LogP contribution in [-0.2, 0) is 0 Å². The van der Waals surface area contributed by atoms with Crippen LogP contribution in [0.25, 0.3) is 0 Å². The quantitative estimate of drug-likeness (QED) is 0.828. The highest BCUT2D eigenvalue weighted by Crippen LogP contribution is 2.34. The summed E-state index contributed by atoms with van der Waals surface area (Å²) in [5.74, 6) is 2.03. The topological polar surface area (TPSA) is 37.3 Å². The molecule has 1 aromatic rings. The molecule has 4 heteroatoms. The molecule has 1 fully saturated rings. The maximum atomic E-state index is 4.84. The largest absolute Gasteiger partial charge is 0.334 e. The third kappa shape index (κ3) is 2.63. The normalized spacial score (nSPS) is 28.1. The van der Waals surface area contributed by atoms with Crippen molar-refractivity contribution in [1.29, 1.82) is 0 Å². The van der Waals surface area contributed by atoms with Gasteiger partial charge in [-0.3, -0.25) is 9.98 Å². The molecule has 0 aromatic carbocycles. The fourth-order valence-electron chi connectivity index (χ4n) is 2.55. The van der Waals surface area contributed by atoms with Crippen LogP contribution >= 0.6 is 11.8 Å². The fourth-order valence-corrected chi connectivity index (χ4v) is 3.72. The summed E-state index contributed by atoms with van der Waals surface area (Å²) in [6.45, 7) is 0. The summed E-state index contributed by atoms with van der Waals surface area (Å²) >= 11 is 1.85. The van der Waals surface area contributed by atoms with Crippen LogP contribution in [0.3, 0.4) is 0 Å².